The Morgan fingerprint density at radius 1 is 1.37 bits per heavy atom. The van der Waals surface area contributed by atoms with Crippen LogP contribution in [0.25, 0.3) is 0 Å². The molecule has 1 aromatic rings. The molecule has 1 heterocycles. The summed E-state index contributed by atoms with van der Waals surface area (Å²) in [6.07, 6.45) is 1.94. The molecule has 1 aromatic carbocycles. The number of likely N-dealkylation sites (tertiary alicyclic amines) is 1. The Bertz CT molecular complexity index is 516. The molecule has 0 spiro atoms. The van der Waals surface area contributed by atoms with E-state index < -0.39 is 10.0 Å². The minimum Gasteiger partial charge on any atom is -0.305 e. The normalized spacial score (nSPS) is 21.5. The van der Waals surface area contributed by atoms with Crippen LogP contribution in [0.15, 0.2) is 29.2 Å². The quantitative estimate of drug-likeness (QED) is 0.847. The Morgan fingerprint density at radius 3 is 2.63 bits per heavy atom. The molecule has 0 bridgehead atoms. The second kappa shape index (κ2) is 6.35. The number of hydrogen-bond acceptors (Lipinski definition) is 3. The van der Waals surface area contributed by atoms with E-state index in [2.05, 4.69) is 25.6 Å². The van der Waals surface area contributed by atoms with E-state index in [0.29, 0.717) is 4.90 Å². The standard InChI is InChI=1S/C13H19BrN2O2S/c1-16-8-2-3-12(10-16)15-19(17,18)13-6-4-11(9-14)5-7-13/h4-7,12,15H,2-3,8-10H2,1H3. The Morgan fingerprint density at radius 2 is 2.05 bits per heavy atom. The van der Waals surface area contributed by atoms with Crippen LogP contribution in [0.3, 0.4) is 0 Å². The lowest BCUT2D eigenvalue weighted by Crippen LogP contribution is -2.46. The predicted octanol–water partition coefficient (Wildman–Crippen LogP) is 1.95. The Balaban J connectivity index is 2.08. The largest absolute Gasteiger partial charge is 0.305 e. The van der Waals surface area contributed by atoms with Crippen molar-refractivity contribution in [2.24, 2.45) is 0 Å². The number of nitrogens with zero attached hydrogens (tertiary/aromatic N) is 1. The highest BCUT2D eigenvalue weighted by Gasteiger charge is 2.23. The van der Waals surface area contributed by atoms with Gasteiger partial charge in [0, 0.05) is 17.9 Å². The van der Waals surface area contributed by atoms with Crippen LogP contribution in [0.1, 0.15) is 18.4 Å². The van der Waals surface area contributed by atoms with Crippen LogP contribution in [0, 0.1) is 0 Å². The summed E-state index contributed by atoms with van der Waals surface area (Å²) in [5.41, 5.74) is 1.07. The van der Waals surface area contributed by atoms with Gasteiger partial charge >= 0.3 is 0 Å². The van der Waals surface area contributed by atoms with E-state index in [4.69, 9.17) is 0 Å². The summed E-state index contributed by atoms with van der Waals surface area (Å²) in [4.78, 5) is 2.50. The van der Waals surface area contributed by atoms with Crippen molar-refractivity contribution in [3.05, 3.63) is 29.8 Å². The molecule has 19 heavy (non-hydrogen) atoms. The lowest BCUT2D eigenvalue weighted by molar-refractivity contribution is 0.242. The first-order chi connectivity index (χ1) is 9.01. The van der Waals surface area contributed by atoms with Gasteiger partial charge in [-0.2, -0.15) is 0 Å². The van der Waals surface area contributed by atoms with Gasteiger partial charge in [-0.05, 0) is 44.1 Å². The van der Waals surface area contributed by atoms with Gasteiger partial charge in [0.25, 0.3) is 0 Å². The summed E-state index contributed by atoms with van der Waals surface area (Å²) < 4.78 is 27.3. The van der Waals surface area contributed by atoms with Gasteiger partial charge in [-0.1, -0.05) is 28.1 Å². The van der Waals surface area contributed by atoms with E-state index in [1.54, 1.807) is 12.1 Å². The number of rotatable bonds is 4. The molecule has 1 fully saturated rings. The molecule has 0 saturated carbocycles. The third kappa shape index (κ3) is 4.02. The average molecular weight is 347 g/mol. The molecule has 0 amide bonds. The molecule has 0 aromatic heterocycles. The van der Waals surface area contributed by atoms with E-state index in [9.17, 15) is 8.42 Å². The highest BCUT2D eigenvalue weighted by molar-refractivity contribution is 9.08. The minimum atomic E-state index is -3.40. The van der Waals surface area contributed by atoms with Crippen molar-refractivity contribution >= 4 is 26.0 Å². The molecule has 1 aliphatic heterocycles. The number of benzene rings is 1. The lowest BCUT2D eigenvalue weighted by atomic mass is 10.1. The first-order valence-corrected chi connectivity index (χ1v) is 8.97. The fourth-order valence-electron chi connectivity index (χ4n) is 2.31. The topological polar surface area (TPSA) is 49.4 Å². The van der Waals surface area contributed by atoms with Crippen molar-refractivity contribution in [1.29, 1.82) is 0 Å². The van der Waals surface area contributed by atoms with Crippen LogP contribution in [-0.4, -0.2) is 39.5 Å². The molecule has 4 nitrogen and oxygen atoms in total. The van der Waals surface area contributed by atoms with E-state index >= 15 is 0 Å². The van der Waals surface area contributed by atoms with Crippen molar-refractivity contribution in [3.63, 3.8) is 0 Å². The Hall–Kier alpha value is -0.430. The van der Waals surface area contributed by atoms with E-state index in [0.717, 1.165) is 36.8 Å². The molecule has 0 radical (unpaired) electrons. The molecule has 1 aliphatic rings. The molecule has 1 unspecified atom stereocenters. The van der Waals surface area contributed by atoms with Gasteiger partial charge in [-0.15, -0.1) is 0 Å². The van der Waals surface area contributed by atoms with Gasteiger partial charge in [0.1, 0.15) is 0 Å². The van der Waals surface area contributed by atoms with Crippen molar-refractivity contribution < 1.29 is 8.42 Å². The molecule has 2 rings (SSSR count). The summed E-state index contributed by atoms with van der Waals surface area (Å²) in [5.74, 6) is 0. The second-order valence-electron chi connectivity index (χ2n) is 5.00. The number of alkyl halides is 1. The van der Waals surface area contributed by atoms with E-state index in [1.807, 2.05) is 19.2 Å². The molecule has 1 N–H and O–H groups in total. The van der Waals surface area contributed by atoms with Crippen LogP contribution >= 0.6 is 15.9 Å². The monoisotopic (exact) mass is 346 g/mol. The number of likely N-dealkylation sites (N-methyl/N-ethyl adjacent to an activating group) is 1. The number of hydrogen-bond donors (Lipinski definition) is 1. The van der Waals surface area contributed by atoms with Crippen molar-refractivity contribution in [2.45, 2.75) is 29.1 Å². The van der Waals surface area contributed by atoms with Gasteiger partial charge in [0.2, 0.25) is 10.0 Å². The van der Waals surface area contributed by atoms with Gasteiger partial charge in [-0.3, -0.25) is 0 Å². The van der Waals surface area contributed by atoms with E-state index in [1.165, 1.54) is 0 Å². The van der Waals surface area contributed by atoms with Gasteiger partial charge < -0.3 is 4.90 Å². The number of piperidine rings is 1. The molecular weight excluding hydrogens is 328 g/mol. The summed E-state index contributed by atoms with van der Waals surface area (Å²) in [6, 6.07) is 6.99. The van der Waals surface area contributed by atoms with Gasteiger partial charge in [0.15, 0.2) is 0 Å². The first-order valence-electron chi connectivity index (χ1n) is 6.37. The molecule has 6 heteroatoms. The Kier molecular flexibility index (Phi) is 5.00. The van der Waals surface area contributed by atoms with Gasteiger partial charge in [0.05, 0.1) is 4.90 Å². The molecular formula is C13H19BrN2O2S. The van der Waals surface area contributed by atoms with Crippen LogP contribution in [0.4, 0.5) is 0 Å². The fraction of sp³-hybridized carbons (Fsp3) is 0.538. The third-order valence-corrected chi connectivity index (χ3v) is 5.52. The molecule has 1 atom stereocenters. The number of nitrogens with one attached hydrogen (secondary N) is 1. The third-order valence-electron chi connectivity index (χ3n) is 3.33. The highest BCUT2D eigenvalue weighted by Crippen LogP contribution is 2.15. The van der Waals surface area contributed by atoms with Crippen molar-refractivity contribution in [1.82, 2.24) is 9.62 Å². The SMILES string of the molecule is CN1CCCC(NS(=O)(=O)c2ccc(CBr)cc2)C1. The second-order valence-corrected chi connectivity index (χ2v) is 7.27. The zero-order chi connectivity index (χ0) is 13.9. The maximum Gasteiger partial charge on any atom is 0.240 e. The smallest absolute Gasteiger partial charge is 0.240 e. The summed E-state index contributed by atoms with van der Waals surface area (Å²) in [5, 5.41) is 0.730. The minimum absolute atomic E-state index is 0.0135. The molecule has 0 aliphatic carbocycles. The summed E-state index contributed by atoms with van der Waals surface area (Å²) in [6.45, 7) is 1.82. The van der Waals surface area contributed by atoms with Crippen LogP contribution in [-0.2, 0) is 15.4 Å². The van der Waals surface area contributed by atoms with Crippen LogP contribution < -0.4 is 4.72 Å². The molecule has 1 saturated heterocycles. The maximum atomic E-state index is 12.3. The zero-order valence-corrected chi connectivity index (χ0v) is 13.4. The van der Waals surface area contributed by atoms with Crippen LogP contribution in [0.5, 0.6) is 0 Å². The first kappa shape index (κ1) is 15.0. The summed E-state index contributed by atoms with van der Waals surface area (Å²) >= 11 is 3.35. The highest BCUT2D eigenvalue weighted by atomic mass is 79.9. The number of sulfonamides is 1. The lowest BCUT2D eigenvalue weighted by Gasteiger charge is -2.29. The van der Waals surface area contributed by atoms with E-state index in [-0.39, 0.29) is 6.04 Å². The Labute approximate surface area is 123 Å². The fourth-order valence-corrected chi connectivity index (χ4v) is 3.94. The van der Waals surface area contributed by atoms with Crippen LogP contribution in [0.2, 0.25) is 0 Å². The average Bonchev–Trinajstić information content (AvgIpc) is 2.38. The number of halogens is 1. The van der Waals surface area contributed by atoms with Gasteiger partial charge in [-0.25, -0.2) is 13.1 Å². The molecule has 106 valence electrons. The predicted molar refractivity (Wildman–Crippen MR) is 79.9 cm³/mol. The maximum absolute atomic E-state index is 12.3. The van der Waals surface area contributed by atoms with Crippen molar-refractivity contribution in [2.75, 3.05) is 20.1 Å². The zero-order valence-electron chi connectivity index (χ0n) is 11.0. The van der Waals surface area contributed by atoms with Crippen molar-refractivity contribution in [3.8, 4) is 0 Å². The summed E-state index contributed by atoms with van der Waals surface area (Å²) in [7, 11) is -1.38.